The van der Waals surface area contributed by atoms with Gasteiger partial charge in [-0.15, -0.1) is 0 Å². The molecule has 5 aromatic carbocycles. The lowest BCUT2D eigenvalue weighted by Gasteiger charge is -2.41. The van der Waals surface area contributed by atoms with Gasteiger partial charge in [-0.3, -0.25) is 0 Å². The van der Waals surface area contributed by atoms with E-state index in [1.807, 2.05) is 48.5 Å². The summed E-state index contributed by atoms with van der Waals surface area (Å²) < 4.78 is 12.2. The van der Waals surface area contributed by atoms with Crippen molar-refractivity contribution in [1.29, 1.82) is 0 Å². The fourth-order valence-electron chi connectivity index (χ4n) is 6.05. The Hall–Kier alpha value is -4.70. The molecule has 206 valence electrons. The van der Waals surface area contributed by atoms with E-state index in [2.05, 4.69) is 79.7 Å². The van der Waals surface area contributed by atoms with Crippen LogP contribution in [0.5, 0.6) is 23.0 Å². The SMILES string of the molecule is Cc1ccc(C2CCC(c3ccc(Oc4ccc(N)cc4)cc3)(c3ccc(Oc4ccc(N)cc4)cc3)CC2)cc1. The van der Waals surface area contributed by atoms with E-state index >= 15 is 0 Å². The van der Waals surface area contributed by atoms with Crippen molar-refractivity contribution in [3.63, 3.8) is 0 Å². The van der Waals surface area contributed by atoms with Crippen LogP contribution in [-0.2, 0) is 5.41 Å². The average molecular weight is 541 g/mol. The smallest absolute Gasteiger partial charge is 0.127 e. The first kappa shape index (κ1) is 26.5. The van der Waals surface area contributed by atoms with E-state index < -0.39 is 0 Å². The fraction of sp³-hybridized carbons (Fsp3) is 0.189. The molecule has 6 rings (SSSR count). The Morgan fingerprint density at radius 1 is 0.512 bits per heavy atom. The standard InChI is InChI=1S/C37H36N2O2/c1-26-2-4-27(5-3-26)28-22-24-37(25-23-28,29-6-14-33(15-7-29)40-35-18-10-31(38)11-19-35)30-8-16-34(17-9-30)41-36-20-12-32(39)13-21-36/h2-21,28H,22-25,38-39H2,1H3. The molecule has 1 aliphatic carbocycles. The van der Waals surface area contributed by atoms with Crippen molar-refractivity contribution in [2.24, 2.45) is 0 Å². The van der Waals surface area contributed by atoms with Crippen molar-refractivity contribution in [2.45, 2.75) is 43.9 Å². The van der Waals surface area contributed by atoms with E-state index in [0.29, 0.717) is 5.92 Å². The maximum atomic E-state index is 6.10. The number of aryl methyl sites for hydroxylation is 1. The third-order valence-electron chi connectivity index (χ3n) is 8.43. The van der Waals surface area contributed by atoms with Crippen LogP contribution < -0.4 is 20.9 Å². The first-order chi connectivity index (χ1) is 20.0. The molecule has 4 nitrogen and oxygen atoms in total. The molecule has 0 spiro atoms. The van der Waals surface area contributed by atoms with Gasteiger partial charge in [0.25, 0.3) is 0 Å². The number of ether oxygens (including phenoxy) is 2. The van der Waals surface area contributed by atoms with Crippen molar-refractivity contribution < 1.29 is 9.47 Å². The summed E-state index contributed by atoms with van der Waals surface area (Å²) in [6.45, 7) is 2.15. The van der Waals surface area contributed by atoms with Gasteiger partial charge in [-0.2, -0.15) is 0 Å². The number of hydrogen-bond acceptors (Lipinski definition) is 4. The van der Waals surface area contributed by atoms with Crippen LogP contribution in [0.25, 0.3) is 0 Å². The Balaban J connectivity index is 1.27. The molecule has 41 heavy (non-hydrogen) atoms. The van der Waals surface area contributed by atoms with Gasteiger partial charge in [-0.05, 0) is 128 Å². The van der Waals surface area contributed by atoms with Gasteiger partial charge < -0.3 is 20.9 Å². The molecule has 0 aromatic heterocycles. The zero-order valence-corrected chi connectivity index (χ0v) is 23.4. The van der Waals surface area contributed by atoms with Gasteiger partial charge in [-0.25, -0.2) is 0 Å². The van der Waals surface area contributed by atoms with Crippen LogP contribution in [0.4, 0.5) is 11.4 Å². The summed E-state index contributed by atoms with van der Waals surface area (Å²) in [7, 11) is 0. The summed E-state index contributed by atoms with van der Waals surface area (Å²) in [5, 5.41) is 0. The molecule has 1 aliphatic rings. The maximum Gasteiger partial charge on any atom is 0.127 e. The maximum absolute atomic E-state index is 6.10. The predicted molar refractivity (Wildman–Crippen MR) is 168 cm³/mol. The molecule has 0 bridgehead atoms. The summed E-state index contributed by atoms with van der Waals surface area (Å²) in [6.07, 6.45) is 4.41. The number of nitrogens with two attached hydrogens (primary N) is 2. The molecule has 5 aromatic rings. The summed E-state index contributed by atoms with van der Waals surface area (Å²) in [6, 6.07) is 41.3. The molecule has 0 atom stereocenters. The third-order valence-corrected chi connectivity index (χ3v) is 8.43. The molecule has 0 saturated heterocycles. The van der Waals surface area contributed by atoms with E-state index in [4.69, 9.17) is 20.9 Å². The van der Waals surface area contributed by atoms with E-state index in [1.165, 1.54) is 22.3 Å². The predicted octanol–water partition coefficient (Wildman–Crippen LogP) is 9.39. The van der Waals surface area contributed by atoms with Gasteiger partial charge in [0.15, 0.2) is 0 Å². The van der Waals surface area contributed by atoms with Crippen molar-refractivity contribution in [3.05, 3.63) is 144 Å². The molecule has 0 heterocycles. The molecule has 0 unspecified atom stereocenters. The van der Waals surface area contributed by atoms with Crippen LogP contribution in [0.2, 0.25) is 0 Å². The Labute approximate surface area is 242 Å². The van der Waals surface area contributed by atoms with Crippen molar-refractivity contribution in [2.75, 3.05) is 11.5 Å². The highest BCUT2D eigenvalue weighted by atomic mass is 16.5. The summed E-state index contributed by atoms with van der Waals surface area (Å²) in [4.78, 5) is 0. The molecule has 0 radical (unpaired) electrons. The van der Waals surface area contributed by atoms with Gasteiger partial charge in [0.1, 0.15) is 23.0 Å². The molecular formula is C37H36N2O2. The average Bonchev–Trinajstić information content (AvgIpc) is 3.01. The first-order valence-electron chi connectivity index (χ1n) is 14.3. The van der Waals surface area contributed by atoms with E-state index in [1.54, 1.807) is 0 Å². The van der Waals surface area contributed by atoms with Crippen LogP contribution >= 0.6 is 0 Å². The monoisotopic (exact) mass is 540 g/mol. The van der Waals surface area contributed by atoms with Crippen molar-refractivity contribution in [1.82, 2.24) is 0 Å². The number of anilines is 2. The Bertz CT molecular complexity index is 1470. The highest BCUT2D eigenvalue weighted by Gasteiger charge is 2.38. The summed E-state index contributed by atoms with van der Waals surface area (Å²) in [5.41, 5.74) is 18.4. The number of rotatable bonds is 7. The normalized spacial score (nSPS) is 14.9. The molecule has 4 heteroatoms. The van der Waals surface area contributed by atoms with Gasteiger partial charge in [0.05, 0.1) is 0 Å². The lowest BCUT2D eigenvalue weighted by atomic mass is 9.62. The van der Waals surface area contributed by atoms with Gasteiger partial charge in [-0.1, -0.05) is 54.1 Å². The minimum atomic E-state index is -0.0827. The Morgan fingerprint density at radius 2 is 0.878 bits per heavy atom. The van der Waals surface area contributed by atoms with Crippen LogP contribution in [0, 0.1) is 6.92 Å². The fourth-order valence-corrected chi connectivity index (χ4v) is 6.05. The second kappa shape index (κ2) is 11.4. The second-order valence-corrected chi connectivity index (χ2v) is 11.2. The van der Waals surface area contributed by atoms with Gasteiger partial charge in [0, 0.05) is 16.8 Å². The molecular weight excluding hydrogens is 504 g/mol. The summed E-state index contributed by atoms with van der Waals surface area (Å²) in [5.74, 6) is 3.75. The highest BCUT2D eigenvalue weighted by molar-refractivity contribution is 5.48. The Morgan fingerprint density at radius 3 is 1.27 bits per heavy atom. The lowest BCUT2D eigenvalue weighted by molar-refractivity contribution is 0.314. The Kier molecular flexibility index (Phi) is 7.39. The minimum Gasteiger partial charge on any atom is -0.457 e. The van der Waals surface area contributed by atoms with Crippen molar-refractivity contribution >= 4 is 11.4 Å². The summed E-state index contributed by atoms with van der Waals surface area (Å²) >= 11 is 0. The van der Waals surface area contributed by atoms with Crippen LogP contribution in [0.15, 0.2) is 121 Å². The number of benzene rings is 5. The topological polar surface area (TPSA) is 70.5 Å². The highest BCUT2D eigenvalue weighted by Crippen LogP contribution is 2.49. The third kappa shape index (κ3) is 5.92. The zero-order chi connectivity index (χ0) is 28.2. The van der Waals surface area contributed by atoms with Crippen molar-refractivity contribution in [3.8, 4) is 23.0 Å². The number of hydrogen-bond donors (Lipinski definition) is 2. The quantitative estimate of drug-likeness (QED) is 0.202. The van der Waals surface area contributed by atoms with Crippen LogP contribution in [-0.4, -0.2) is 0 Å². The van der Waals surface area contributed by atoms with Gasteiger partial charge in [0.2, 0.25) is 0 Å². The molecule has 0 aliphatic heterocycles. The zero-order valence-electron chi connectivity index (χ0n) is 23.4. The van der Waals surface area contributed by atoms with E-state index in [0.717, 1.165) is 60.1 Å². The molecule has 1 fully saturated rings. The minimum absolute atomic E-state index is 0.0827. The molecule has 0 amide bonds. The first-order valence-corrected chi connectivity index (χ1v) is 14.3. The van der Waals surface area contributed by atoms with Gasteiger partial charge >= 0.3 is 0 Å². The van der Waals surface area contributed by atoms with Crippen LogP contribution in [0.1, 0.15) is 53.9 Å². The lowest BCUT2D eigenvalue weighted by Crippen LogP contribution is -2.32. The largest absolute Gasteiger partial charge is 0.457 e. The molecule has 4 N–H and O–H groups in total. The number of nitrogen functional groups attached to an aromatic ring is 2. The second-order valence-electron chi connectivity index (χ2n) is 11.2. The van der Waals surface area contributed by atoms with E-state index in [9.17, 15) is 0 Å². The molecule has 1 saturated carbocycles. The van der Waals surface area contributed by atoms with E-state index in [-0.39, 0.29) is 5.41 Å². The van der Waals surface area contributed by atoms with Crippen LogP contribution in [0.3, 0.4) is 0 Å².